The van der Waals surface area contributed by atoms with Crippen molar-refractivity contribution in [3.8, 4) is 0 Å². The molecule has 1 atom stereocenters. The number of carboxylic acids is 1. The summed E-state index contributed by atoms with van der Waals surface area (Å²) >= 11 is 0. The molecule has 4 nitrogen and oxygen atoms in total. The summed E-state index contributed by atoms with van der Waals surface area (Å²) in [6.07, 6.45) is 5.43. The van der Waals surface area contributed by atoms with Gasteiger partial charge in [-0.3, -0.25) is 0 Å². The van der Waals surface area contributed by atoms with Crippen LogP contribution in [0, 0.1) is 0 Å². The fraction of sp³-hybridized carbons (Fsp3) is 0.529. The van der Waals surface area contributed by atoms with Crippen molar-refractivity contribution < 1.29 is 9.90 Å². The molecular weight excluding hydrogens is 264 g/mol. The Hall–Kier alpha value is -1.84. The van der Waals surface area contributed by atoms with Gasteiger partial charge < -0.3 is 9.67 Å². The number of nitrogens with zero attached hydrogens (tertiary/aromatic N) is 2. The number of carbonyl (C=O) groups is 1. The number of carboxylic acid groups (broad SMARTS) is 1. The molecule has 0 bridgehead atoms. The first kappa shape index (κ1) is 15.5. The molecule has 0 spiro atoms. The molecule has 1 unspecified atom stereocenters. The maximum Gasteiger partial charge on any atom is 0.337 e. The van der Waals surface area contributed by atoms with E-state index in [0.29, 0.717) is 5.56 Å². The Labute approximate surface area is 125 Å². The molecule has 1 heterocycles. The van der Waals surface area contributed by atoms with Crippen LogP contribution < -0.4 is 0 Å². The van der Waals surface area contributed by atoms with Crippen LogP contribution in [-0.4, -0.2) is 20.6 Å². The summed E-state index contributed by atoms with van der Waals surface area (Å²) in [5.74, 6) is 0.0906. The molecule has 4 heteroatoms. The molecule has 0 aliphatic rings. The summed E-state index contributed by atoms with van der Waals surface area (Å²) in [6, 6.07) is 5.61. The van der Waals surface area contributed by atoms with Gasteiger partial charge in [0, 0.05) is 12.5 Å². The Bertz CT molecular complexity index is 631. The van der Waals surface area contributed by atoms with Crippen LogP contribution >= 0.6 is 0 Å². The van der Waals surface area contributed by atoms with Gasteiger partial charge in [0.1, 0.15) is 5.82 Å². The number of rotatable bonds is 7. The van der Waals surface area contributed by atoms with E-state index in [1.54, 1.807) is 12.1 Å². The summed E-state index contributed by atoms with van der Waals surface area (Å²) in [5.41, 5.74) is 1.90. The number of imidazole rings is 1. The third-order valence-electron chi connectivity index (χ3n) is 4.00. The lowest BCUT2D eigenvalue weighted by Crippen LogP contribution is -2.11. The van der Waals surface area contributed by atoms with Crippen LogP contribution in [0.25, 0.3) is 11.0 Å². The Kier molecular flexibility index (Phi) is 4.99. The van der Waals surface area contributed by atoms with Crippen molar-refractivity contribution >= 4 is 17.0 Å². The second-order valence-electron chi connectivity index (χ2n) is 5.57. The van der Waals surface area contributed by atoms with Gasteiger partial charge in [0.2, 0.25) is 0 Å². The molecule has 0 aliphatic carbocycles. The highest BCUT2D eigenvalue weighted by molar-refractivity contribution is 6.01. The molecule has 1 aromatic carbocycles. The van der Waals surface area contributed by atoms with Gasteiger partial charge >= 0.3 is 5.97 Å². The largest absolute Gasteiger partial charge is 0.478 e. The molecule has 0 saturated carbocycles. The van der Waals surface area contributed by atoms with Gasteiger partial charge in [0.05, 0.1) is 16.6 Å². The second kappa shape index (κ2) is 6.74. The predicted molar refractivity (Wildman–Crippen MR) is 84.9 cm³/mol. The number of aromatic carboxylic acids is 1. The van der Waals surface area contributed by atoms with E-state index in [-0.39, 0.29) is 6.04 Å². The summed E-state index contributed by atoms with van der Waals surface area (Å²) in [4.78, 5) is 16.1. The number of unbranched alkanes of at least 4 members (excludes halogenated alkanes) is 2. The van der Waals surface area contributed by atoms with Crippen LogP contribution in [0.5, 0.6) is 0 Å². The van der Waals surface area contributed by atoms with Crippen molar-refractivity contribution in [1.29, 1.82) is 0 Å². The Morgan fingerprint density at radius 3 is 2.71 bits per heavy atom. The van der Waals surface area contributed by atoms with Crippen molar-refractivity contribution in [3.05, 3.63) is 29.6 Å². The minimum Gasteiger partial charge on any atom is -0.478 e. The topological polar surface area (TPSA) is 55.1 Å². The van der Waals surface area contributed by atoms with Crippen molar-refractivity contribution in [2.75, 3.05) is 0 Å². The minimum atomic E-state index is -0.884. The number of benzene rings is 1. The van der Waals surface area contributed by atoms with E-state index in [4.69, 9.17) is 0 Å². The molecule has 114 valence electrons. The highest BCUT2D eigenvalue weighted by Crippen LogP contribution is 2.27. The van der Waals surface area contributed by atoms with Crippen LogP contribution in [0.4, 0.5) is 0 Å². The van der Waals surface area contributed by atoms with Gasteiger partial charge in [-0.1, -0.05) is 39.2 Å². The zero-order valence-corrected chi connectivity index (χ0v) is 13.1. The lowest BCUT2D eigenvalue weighted by Gasteiger charge is -2.18. The second-order valence-corrected chi connectivity index (χ2v) is 5.57. The summed E-state index contributed by atoms with van der Waals surface area (Å²) < 4.78 is 2.13. The van der Waals surface area contributed by atoms with Crippen molar-refractivity contribution in [3.63, 3.8) is 0 Å². The van der Waals surface area contributed by atoms with E-state index in [1.165, 1.54) is 12.8 Å². The normalized spacial score (nSPS) is 12.7. The standard InChI is InChI=1S/C17H24N2O2/c1-4-6-7-9-12(3)19-15(5-2)18-14-11-8-10-13(16(14)19)17(20)21/h8,10-12H,4-7,9H2,1-3H3,(H,20,21). The lowest BCUT2D eigenvalue weighted by molar-refractivity contribution is 0.0698. The number of aromatic nitrogens is 2. The van der Waals surface area contributed by atoms with Crippen LogP contribution in [0.15, 0.2) is 18.2 Å². The maximum absolute atomic E-state index is 11.5. The average Bonchev–Trinajstić information content (AvgIpc) is 2.85. The summed E-state index contributed by atoms with van der Waals surface area (Å²) in [7, 11) is 0. The highest BCUT2D eigenvalue weighted by atomic mass is 16.4. The van der Waals surface area contributed by atoms with E-state index in [1.807, 2.05) is 6.07 Å². The quantitative estimate of drug-likeness (QED) is 0.766. The first-order valence-electron chi connectivity index (χ1n) is 7.83. The lowest BCUT2D eigenvalue weighted by atomic mass is 10.1. The van der Waals surface area contributed by atoms with E-state index in [9.17, 15) is 9.90 Å². The summed E-state index contributed by atoms with van der Waals surface area (Å²) in [6.45, 7) is 6.42. The number of fused-ring (bicyclic) bond motifs is 1. The minimum absolute atomic E-state index is 0.275. The van der Waals surface area contributed by atoms with E-state index in [2.05, 4.69) is 30.3 Å². The van der Waals surface area contributed by atoms with Crippen LogP contribution in [-0.2, 0) is 6.42 Å². The van der Waals surface area contributed by atoms with Gasteiger partial charge in [-0.05, 0) is 25.5 Å². The SMILES string of the molecule is CCCCCC(C)n1c(CC)nc2cccc(C(=O)O)c21. The maximum atomic E-state index is 11.5. The molecular formula is C17H24N2O2. The average molecular weight is 288 g/mol. The molecule has 21 heavy (non-hydrogen) atoms. The van der Waals surface area contributed by atoms with Crippen molar-refractivity contribution in [1.82, 2.24) is 9.55 Å². The van der Waals surface area contributed by atoms with E-state index < -0.39 is 5.97 Å². The first-order valence-corrected chi connectivity index (χ1v) is 7.83. The zero-order chi connectivity index (χ0) is 15.4. The van der Waals surface area contributed by atoms with E-state index >= 15 is 0 Å². The van der Waals surface area contributed by atoms with Gasteiger partial charge in [0.15, 0.2) is 0 Å². The fourth-order valence-corrected chi connectivity index (χ4v) is 2.91. The van der Waals surface area contributed by atoms with Crippen molar-refractivity contribution in [2.45, 2.75) is 58.9 Å². The van der Waals surface area contributed by atoms with Gasteiger partial charge in [0.25, 0.3) is 0 Å². The number of hydrogen-bond acceptors (Lipinski definition) is 2. The van der Waals surface area contributed by atoms with Crippen LogP contribution in [0.3, 0.4) is 0 Å². The van der Waals surface area contributed by atoms with Gasteiger partial charge in [-0.15, -0.1) is 0 Å². The Morgan fingerprint density at radius 2 is 2.10 bits per heavy atom. The molecule has 0 radical (unpaired) electrons. The Balaban J connectivity index is 2.51. The molecule has 0 amide bonds. The number of aryl methyl sites for hydroxylation is 1. The van der Waals surface area contributed by atoms with Crippen LogP contribution in [0.1, 0.15) is 68.7 Å². The third-order valence-corrected chi connectivity index (χ3v) is 4.00. The first-order chi connectivity index (χ1) is 10.1. The molecule has 0 fully saturated rings. The predicted octanol–water partition coefficient (Wildman–Crippen LogP) is 4.44. The molecule has 0 aliphatic heterocycles. The fourth-order valence-electron chi connectivity index (χ4n) is 2.91. The molecule has 0 saturated heterocycles. The highest BCUT2D eigenvalue weighted by Gasteiger charge is 2.19. The van der Waals surface area contributed by atoms with Gasteiger partial charge in [-0.2, -0.15) is 0 Å². The van der Waals surface area contributed by atoms with Crippen molar-refractivity contribution in [2.24, 2.45) is 0 Å². The van der Waals surface area contributed by atoms with Crippen LogP contribution in [0.2, 0.25) is 0 Å². The third kappa shape index (κ3) is 3.09. The van der Waals surface area contributed by atoms with E-state index in [0.717, 1.165) is 36.1 Å². The molecule has 1 N–H and O–H groups in total. The molecule has 2 aromatic rings. The molecule has 2 rings (SSSR count). The van der Waals surface area contributed by atoms with Gasteiger partial charge in [-0.25, -0.2) is 9.78 Å². The summed E-state index contributed by atoms with van der Waals surface area (Å²) in [5, 5.41) is 9.44. The molecule has 1 aromatic heterocycles. The monoisotopic (exact) mass is 288 g/mol. The Morgan fingerprint density at radius 1 is 1.33 bits per heavy atom. The number of hydrogen-bond donors (Lipinski definition) is 1. The number of para-hydroxylation sites is 1. The zero-order valence-electron chi connectivity index (χ0n) is 13.1. The smallest absolute Gasteiger partial charge is 0.337 e.